The van der Waals surface area contributed by atoms with Crippen LogP contribution in [0.25, 0.3) is 0 Å². The summed E-state index contributed by atoms with van der Waals surface area (Å²) in [6.45, 7) is 2.70. The molecule has 0 atom stereocenters. The second kappa shape index (κ2) is 10.6. The monoisotopic (exact) mass is 425 g/mol. The lowest BCUT2D eigenvalue weighted by Crippen LogP contribution is -2.37. The van der Waals surface area contributed by atoms with E-state index in [1.807, 2.05) is 13.0 Å². The van der Waals surface area contributed by atoms with Gasteiger partial charge in [0.05, 0.1) is 33.4 Å². The van der Waals surface area contributed by atoms with Crippen LogP contribution in [0.5, 0.6) is 17.2 Å². The van der Waals surface area contributed by atoms with Crippen LogP contribution in [0, 0.1) is 0 Å². The zero-order valence-electron chi connectivity index (χ0n) is 17.4. The number of ether oxygens (including phenoxy) is 3. The zero-order chi connectivity index (χ0) is 22.1. The molecule has 0 bridgehead atoms. The van der Waals surface area contributed by atoms with Gasteiger partial charge in [-0.25, -0.2) is 4.99 Å². The van der Waals surface area contributed by atoms with Crippen LogP contribution in [-0.4, -0.2) is 33.8 Å². The minimum absolute atomic E-state index is 0.0450. The van der Waals surface area contributed by atoms with Crippen molar-refractivity contribution in [2.24, 2.45) is 4.99 Å². The Bertz CT molecular complexity index is 870. The normalized spacial score (nSPS) is 11.8. The molecule has 2 aromatic carbocycles. The van der Waals surface area contributed by atoms with Gasteiger partial charge >= 0.3 is 6.18 Å². The van der Waals surface area contributed by atoms with Gasteiger partial charge in [-0.3, -0.25) is 0 Å². The molecule has 0 unspecified atom stereocenters. The van der Waals surface area contributed by atoms with Gasteiger partial charge in [0.25, 0.3) is 0 Å². The summed E-state index contributed by atoms with van der Waals surface area (Å²) in [5.74, 6) is 1.74. The Kier molecular flexibility index (Phi) is 8.20. The summed E-state index contributed by atoms with van der Waals surface area (Å²) in [5, 5.41) is 5.98. The molecular weight excluding hydrogens is 399 g/mol. The molecule has 0 saturated heterocycles. The number of aliphatic imine (C=N–C) groups is 1. The molecule has 0 heterocycles. The third-order valence-electron chi connectivity index (χ3n) is 4.28. The van der Waals surface area contributed by atoms with Crippen molar-refractivity contribution >= 4 is 5.96 Å². The first-order valence-electron chi connectivity index (χ1n) is 9.29. The first-order chi connectivity index (χ1) is 14.3. The van der Waals surface area contributed by atoms with Crippen LogP contribution in [-0.2, 0) is 19.3 Å². The average Bonchev–Trinajstić information content (AvgIpc) is 2.74. The summed E-state index contributed by atoms with van der Waals surface area (Å²) >= 11 is 0. The van der Waals surface area contributed by atoms with Crippen molar-refractivity contribution in [1.82, 2.24) is 10.6 Å². The predicted molar refractivity (Wildman–Crippen MR) is 109 cm³/mol. The van der Waals surface area contributed by atoms with E-state index in [4.69, 9.17) is 14.2 Å². The SMILES string of the molecule is CCNC(=NCc1ccc(OC)c(OC)c1)NCc1ccc(OC)cc1C(F)(F)F. The number of hydrogen-bond donors (Lipinski definition) is 2. The van der Waals surface area contributed by atoms with E-state index in [0.29, 0.717) is 30.5 Å². The number of halogens is 3. The number of nitrogens with zero attached hydrogens (tertiary/aromatic N) is 1. The Labute approximate surface area is 174 Å². The van der Waals surface area contributed by atoms with Gasteiger partial charge < -0.3 is 24.8 Å². The summed E-state index contributed by atoms with van der Waals surface area (Å²) in [6.07, 6.45) is -4.49. The fourth-order valence-electron chi connectivity index (χ4n) is 2.77. The Morgan fingerprint density at radius 1 is 0.933 bits per heavy atom. The molecular formula is C21H26F3N3O3. The Balaban J connectivity index is 2.16. The van der Waals surface area contributed by atoms with Crippen molar-refractivity contribution in [3.63, 3.8) is 0 Å². The van der Waals surface area contributed by atoms with E-state index < -0.39 is 11.7 Å². The average molecular weight is 425 g/mol. The minimum atomic E-state index is -4.49. The molecule has 164 valence electrons. The zero-order valence-corrected chi connectivity index (χ0v) is 17.4. The van der Waals surface area contributed by atoms with Gasteiger partial charge in [-0.1, -0.05) is 12.1 Å². The molecule has 2 N–H and O–H groups in total. The molecule has 0 radical (unpaired) electrons. The first-order valence-corrected chi connectivity index (χ1v) is 9.29. The highest BCUT2D eigenvalue weighted by Crippen LogP contribution is 2.34. The molecule has 9 heteroatoms. The van der Waals surface area contributed by atoms with Crippen molar-refractivity contribution in [2.45, 2.75) is 26.2 Å². The molecule has 6 nitrogen and oxygen atoms in total. The van der Waals surface area contributed by atoms with Crippen LogP contribution in [0.15, 0.2) is 41.4 Å². The van der Waals surface area contributed by atoms with Gasteiger partial charge in [0.1, 0.15) is 5.75 Å². The number of hydrogen-bond acceptors (Lipinski definition) is 4. The number of rotatable bonds is 8. The van der Waals surface area contributed by atoms with Crippen LogP contribution in [0.2, 0.25) is 0 Å². The number of benzene rings is 2. The number of methoxy groups -OCH3 is 3. The third kappa shape index (κ3) is 6.20. The molecule has 0 spiro atoms. The second-order valence-electron chi connectivity index (χ2n) is 6.26. The van der Waals surface area contributed by atoms with Crippen LogP contribution >= 0.6 is 0 Å². The highest BCUT2D eigenvalue weighted by Gasteiger charge is 2.33. The Hall–Kier alpha value is -3.10. The van der Waals surface area contributed by atoms with Gasteiger partial charge in [-0.2, -0.15) is 13.2 Å². The Morgan fingerprint density at radius 3 is 2.27 bits per heavy atom. The third-order valence-corrected chi connectivity index (χ3v) is 4.28. The molecule has 0 aliphatic carbocycles. The maximum Gasteiger partial charge on any atom is 0.416 e. The molecule has 30 heavy (non-hydrogen) atoms. The van der Waals surface area contributed by atoms with E-state index in [9.17, 15) is 13.2 Å². The van der Waals surface area contributed by atoms with Gasteiger partial charge in [0.15, 0.2) is 17.5 Å². The summed E-state index contributed by atoms with van der Waals surface area (Å²) < 4.78 is 55.6. The van der Waals surface area contributed by atoms with Gasteiger partial charge in [0.2, 0.25) is 0 Å². The largest absolute Gasteiger partial charge is 0.497 e. The smallest absolute Gasteiger partial charge is 0.416 e. The molecule has 0 aliphatic rings. The lowest BCUT2D eigenvalue weighted by atomic mass is 10.1. The van der Waals surface area contributed by atoms with E-state index in [1.165, 1.54) is 19.2 Å². The fraction of sp³-hybridized carbons (Fsp3) is 0.381. The van der Waals surface area contributed by atoms with Crippen molar-refractivity contribution in [1.29, 1.82) is 0 Å². The van der Waals surface area contributed by atoms with E-state index in [0.717, 1.165) is 11.6 Å². The molecule has 0 aliphatic heterocycles. The van der Waals surface area contributed by atoms with E-state index in [1.54, 1.807) is 26.4 Å². The second-order valence-corrected chi connectivity index (χ2v) is 6.26. The van der Waals surface area contributed by atoms with Crippen LogP contribution in [0.4, 0.5) is 13.2 Å². The summed E-state index contributed by atoms with van der Waals surface area (Å²) in [5.41, 5.74) is 0.218. The molecule has 2 aromatic rings. The first kappa shape index (κ1) is 23.2. The molecule has 0 amide bonds. The lowest BCUT2D eigenvalue weighted by Gasteiger charge is -2.16. The molecule has 2 rings (SSSR count). The van der Waals surface area contributed by atoms with Crippen molar-refractivity contribution in [3.8, 4) is 17.2 Å². The van der Waals surface area contributed by atoms with Gasteiger partial charge in [-0.05, 0) is 42.3 Å². The maximum absolute atomic E-state index is 13.4. The molecule has 0 fully saturated rings. The highest BCUT2D eigenvalue weighted by atomic mass is 19.4. The summed E-state index contributed by atoms with van der Waals surface area (Å²) in [7, 11) is 4.43. The molecule has 0 saturated carbocycles. The van der Waals surface area contributed by atoms with E-state index in [-0.39, 0.29) is 17.9 Å². The number of guanidine groups is 1. The Morgan fingerprint density at radius 2 is 1.67 bits per heavy atom. The predicted octanol–water partition coefficient (Wildman–Crippen LogP) is 3.99. The van der Waals surface area contributed by atoms with Crippen molar-refractivity contribution < 1.29 is 27.4 Å². The van der Waals surface area contributed by atoms with Crippen LogP contribution in [0.3, 0.4) is 0 Å². The quantitative estimate of drug-likeness (QED) is 0.495. The summed E-state index contributed by atoms with van der Waals surface area (Å²) in [6, 6.07) is 9.31. The highest BCUT2D eigenvalue weighted by molar-refractivity contribution is 5.79. The molecule has 0 aromatic heterocycles. The van der Waals surface area contributed by atoms with E-state index >= 15 is 0 Å². The minimum Gasteiger partial charge on any atom is -0.497 e. The van der Waals surface area contributed by atoms with Crippen molar-refractivity contribution in [2.75, 3.05) is 27.9 Å². The van der Waals surface area contributed by atoms with Crippen LogP contribution < -0.4 is 24.8 Å². The number of nitrogens with one attached hydrogen (secondary N) is 2. The van der Waals surface area contributed by atoms with Crippen molar-refractivity contribution in [3.05, 3.63) is 53.1 Å². The fourth-order valence-corrected chi connectivity index (χ4v) is 2.77. The standard InChI is InChI=1S/C21H26F3N3O3/c1-5-25-20(26-12-14-6-9-18(29-3)19(10-14)30-4)27-13-15-7-8-16(28-2)11-17(15)21(22,23)24/h6-11H,5,12-13H2,1-4H3,(H2,25,26,27). The van der Waals surface area contributed by atoms with Crippen LogP contribution in [0.1, 0.15) is 23.6 Å². The summed E-state index contributed by atoms with van der Waals surface area (Å²) in [4.78, 5) is 4.45. The van der Waals surface area contributed by atoms with E-state index in [2.05, 4.69) is 15.6 Å². The van der Waals surface area contributed by atoms with Gasteiger partial charge in [-0.15, -0.1) is 0 Å². The van der Waals surface area contributed by atoms with Gasteiger partial charge in [0, 0.05) is 13.1 Å². The maximum atomic E-state index is 13.4. The topological polar surface area (TPSA) is 64.1 Å². The lowest BCUT2D eigenvalue weighted by molar-refractivity contribution is -0.138. The number of alkyl halides is 3.